The molecule has 1 aromatic carbocycles. The van der Waals surface area contributed by atoms with Crippen LogP contribution in [0.2, 0.25) is 0 Å². The number of benzene rings is 1. The van der Waals surface area contributed by atoms with E-state index in [2.05, 4.69) is 15.3 Å². The first-order valence-corrected chi connectivity index (χ1v) is 9.10. The number of aromatic amines is 1. The number of fused-ring (bicyclic) bond motifs is 1. The SMILES string of the molecule is CCN(Cc1nc2ccccc2c(=O)[nH]1)C(=O)C1CC12CCNCC2. The molecule has 1 atom stereocenters. The van der Waals surface area contributed by atoms with E-state index >= 15 is 0 Å². The zero-order valence-electron chi connectivity index (χ0n) is 14.5. The fraction of sp³-hybridized carbons (Fsp3) is 0.526. The van der Waals surface area contributed by atoms with Crippen LogP contribution in [0.3, 0.4) is 0 Å². The number of hydrogen-bond donors (Lipinski definition) is 2. The molecular formula is C19H24N4O2. The molecule has 25 heavy (non-hydrogen) atoms. The van der Waals surface area contributed by atoms with Gasteiger partial charge in [-0.05, 0) is 56.8 Å². The topological polar surface area (TPSA) is 78.1 Å². The maximum absolute atomic E-state index is 12.9. The summed E-state index contributed by atoms with van der Waals surface area (Å²) < 4.78 is 0. The maximum Gasteiger partial charge on any atom is 0.258 e. The second-order valence-electron chi connectivity index (χ2n) is 7.25. The molecular weight excluding hydrogens is 316 g/mol. The van der Waals surface area contributed by atoms with Crippen LogP contribution in [0.1, 0.15) is 32.0 Å². The molecule has 4 rings (SSSR count). The van der Waals surface area contributed by atoms with Crippen molar-refractivity contribution >= 4 is 16.8 Å². The third kappa shape index (κ3) is 2.95. The van der Waals surface area contributed by atoms with Crippen LogP contribution >= 0.6 is 0 Å². The van der Waals surface area contributed by atoms with Gasteiger partial charge in [0.25, 0.3) is 5.56 Å². The number of H-pyrrole nitrogens is 1. The predicted molar refractivity (Wildman–Crippen MR) is 96.1 cm³/mol. The first kappa shape index (κ1) is 16.3. The van der Waals surface area contributed by atoms with E-state index in [4.69, 9.17) is 0 Å². The molecule has 1 saturated carbocycles. The second kappa shape index (κ2) is 6.26. The number of carbonyl (C=O) groups excluding carboxylic acids is 1. The molecule has 1 saturated heterocycles. The number of amides is 1. The minimum atomic E-state index is -0.148. The van der Waals surface area contributed by atoms with E-state index in [1.54, 1.807) is 6.07 Å². The van der Waals surface area contributed by atoms with Crippen molar-refractivity contribution < 1.29 is 4.79 Å². The lowest BCUT2D eigenvalue weighted by Crippen LogP contribution is -2.36. The summed E-state index contributed by atoms with van der Waals surface area (Å²) >= 11 is 0. The Kier molecular flexibility index (Phi) is 4.07. The van der Waals surface area contributed by atoms with Gasteiger partial charge in [-0.3, -0.25) is 9.59 Å². The average molecular weight is 340 g/mol. The molecule has 0 radical (unpaired) electrons. The van der Waals surface area contributed by atoms with Gasteiger partial charge in [0.05, 0.1) is 17.4 Å². The summed E-state index contributed by atoms with van der Waals surface area (Å²) in [4.78, 5) is 34.4. The third-order valence-corrected chi connectivity index (χ3v) is 5.78. The van der Waals surface area contributed by atoms with Crippen LogP contribution in [-0.2, 0) is 11.3 Å². The molecule has 2 heterocycles. The molecule has 2 fully saturated rings. The molecule has 1 aliphatic carbocycles. The molecule has 132 valence electrons. The Morgan fingerprint density at radius 3 is 2.84 bits per heavy atom. The van der Waals surface area contributed by atoms with Gasteiger partial charge in [-0.2, -0.15) is 0 Å². The highest BCUT2D eigenvalue weighted by Gasteiger charge is 2.58. The summed E-state index contributed by atoms with van der Waals surface area (Å²) in [6, 6.07) is 7.29. The molecule has 1 aliphatic heterocycles. The molecule has 2 N–H and O–H groups in total. The van der Waals surface area contributed by atoms with Gasteiger partial charge < -0.3 is 15.2 Å². The first-order valence-electron chi connectivity index (χ1n) is 9.10. The number of para-hydroxylation sites is 1. The van der Waals surface area contributed by atoms with Crippen molar-refractivity contribution in [3.05, 3.63) is 40.4 Å². The monoisotopic (exact) mass is 340 g/mol. The maximum atomic E-state index is 12.9. The van der Waals surface area contributed by atoms with E-state index in [0.29, 0.717) is 29.8 Å². The summed E-state index contributed by atoms with van der Waals surface area (Å²) in [5.41, 5.74) is 0.747. The number of nitrogens with zero attached hydrogens (tertiary/aromatic N) is 2. The summed E-state index contributed by atoms with van der Waals surface area (Å²) in [6.45, 7) is 4.99. The number of carbonyl (C=O) groups is 1. The van der Waals surface area contributed by atoms with Crippen molar-refractivity contribution in [3.63, 3.8) is 0 Å². The molecule has 1 spiro atoms. The number of nitrogens with one attached hydrogen (secondary N) is 2. The lowest BCUT2D eigenvalue weighted by molar-refractivity contribution is -0.134. The van der Waals surface area contributed by atoms with Gasteiger partial charge in [0, 0.05) is 12.5 Å². The van der Waals surface area contributed by atoms with Crippen molar-refractivity contribution in [2.45, 2.75) is 32.7 Å². The summed E-state index contributed by atoms with van der Waals surface area (Å²) in [6.07, 6.45) is 3.18. The molecule has 2 aliphatic rings. The normalized spacial score (nSPS) is 21.4. The number of hydrogen-bond acceptors (Lipinski definition) is 4. The summed E-state index contributed by atoms with van der Waals surface area (Å²) in [7, 11) is 0. The average Bonchev–Trinajstić information content (AvgIpc) is 3.32. The van der Waals surface area contributed by atoms with Crippen molar-refractivity contribution in [1.82, 2.24) is 20.2 Å². The zero-order valence-corrected chi connectivity index (χ0v) is 14.5. The zero-order chi connectivity index (χ0) is 17.4. The Morgan fingerprint density at radius 1 is 1.32 bits per heavy atom. The Morgan fingerprint density at radius 2 is 2.08 bits per heavy atom. The van der Waals surface area contributed by atoms with Gasteiger partial charge in [-0.1, -0.05) is 12.1 Å². The van der Waals surface area contributed by atoms with Gasteiger partial charge in [-0.15, -0.1) is 0 Å². The Labute approximate surface area is 146 Å². The lowest BCUT2D eigenvalue weighted by Gasteiger charge is -2.26. The van der Waals surface area contributed by atoms with Crippen LogP contribution in [0, 0.1) is 11.3 Å². The van der Waals surface area contributed by atoms with E-state index in [0.717, 1.165) is 32.4 Å². The van der Waals surface area contributed by atoms with Crippen molar-refractivity contribution in [3.8, 4) is 0 Å². The third-order valence-electron chi connectivity index (χ3n) is 5.78. The smallest absolute Gasteiger partial charge is 0.258 e. The van der Waals surface area contributed by atoms with Crippen LogP contribution in [0.5, 0.6) is 0 Å². The Hall–Kier alpha value is -2.21. The molecule has 6 heteroatoms. The second-order valence-corrected chi connectivity index (χ2v) is 7.25. The fourth-order valence-corrected chi connectivity index (χ4v) is 4.13. The highest BCUT2D eigenvalue weighted by atomic mass is 16.2. The summed E-state index contributed by atoms with van der Waals surface area (Å²) in [5.74, 6) is 0.904. The molecule has 1 amide bonds. The molecule has 2 aromatic rings. The van der Waals surface area contributed by atoms with E-state index in [1.807, 2.05) is 30.0 Å². The van der Waals surface area contributed by atoms with Crippen molar-refractivity contribution in [1.29, 1.82) is 0 Å². The lowest BCUT2D eigenvalue weighted by atomic mass is 9.91. The number of rotatable bonds is 4. The van der Waals surface area contributed by atoms with Crippen LogP contribution in [0.4, 0.5) is 0 Å². The van der Waals surface area contributed by atoms with Gasteiger partial charge in [0.2, 0.25) is 5.91 Å². The van der Waals surface area contributed by atoms with E-state index in [-0.39, 0.29) is 22.8 Å². The molecule has 1 unspecified atom stereocenters. The first-order chi connectivity index (χ1) is 12.1. The fourth-order valence-electron chi connectivity index (χ4n) is 4.13. The standard InChI is InChI=1S/C19H24N4O2/c1-2-23(18(25)14-11-19(14)7-9-20-10-8-19)12-16-21-15-6-4-3-5-13(15)17(24)22-16/h3-6,14,20H,2,7-12H2,1H3,(H,21,22,24). The largest absolute Gasteiger partial charge is 0.335 e. The van der Waals surface area contributed by atoms with Gasteiger partial charge in [-0.25, -0.2) is 4.98 Å². The molecule has 1 aromatic heterocycles. The van der Waals surface area contributed by atoms with Crippen molar-refractivity contribution in [2.24, 2.45) is 11.3 Å². The number of aromatic nitrogens is 2. The Bertz CT molecular complexity index is 854. The minimum Gasteiger partial charge on any atom is -0.335 e. The van der Waals surface area contributed by atoms with Crippen LogP contribution < -0.4 is 10.9 Å². The van der Waals surface area contributed by atoms with Crippen LogP contribution in [0.25, 0.3) is 10.9 Å². The van der Waals surface area contributed by atoms with E-state index in [9.17, 15) is 9.59 Å². The quantitative estimate of drug-likeness (QED) is 0.887. The minimum absolute atomic E-state index is 0.140. The number of piperidine rings is 1. The van der Waals surface area contributed by atoms with Gasteiger partial charge >= 0.3 is 0 Å². The summed E-state index contributed by atoms with van der Waals surface area (Å²) in [5, 5.41) is 3.95. The van der Waals surface area contributed by atoms with Gasteiger partial charge in [0.1, 0.15) is 5.82 Å². The van der Waals surface area contributed by atoms with Crippen molar-refractivity contribution in [2.75, 3.05) is 19.6 Å². The highest BCUT2D eigenvalue weighted by Crippen LogP contribution is 2.59. The molecule has 6 nitrogen and oxygen atoms in total. The van der Waals surface area contributed by atoms with E-state index < -0.39 is 0 Å². The van der Waals surface area contributed by atoms with E-state index in [1.165, 1.54) is 0 Å². The van der Waals surface area contributed by atoms with Crippen LogP contribution in [0.15, 0.2) is 29.1 Å². The highest BCUT2D eigenvalue weighted by molar-refractivity contribution is 5.83. The van der Waals surface area contributed by atoms with Gasteiger partial charge in [0.15, 0.2) is 0 Å². The van der Waals surface area contributed by atoms with Crippen LogP contribution in [-0.4, -0.2) is 40.4 Å². The predicted octanol–water partition coefficient (Wildman–Crippen LogP) is 1.66. The molecule has 0 bridgehead atoms. The Balaban J connectivity index is 1.52.